The number of rotatable bonds is 3. The van der Waals surface area contributed by atoms with E-state index in [9.17, 15) is 4.79 Å². The van der Waals surface area contributed by atoms with Gasteiger partial charge >= 0.3 is 0 Å². The summed E-state index contributed by atoms with van der Waals surface area (Å²) in [5.41, 5.74) is 0.604. The Morgan fingerprint density at radius 3 is 2.93 bits per heavy atom. The fourth-order valence-corrected chi connectivity index (χ4v) is 1.52. The molecular formula is C11H10ClNO2. The molecule has 1 heterocycles. The van der Waals surface area contributed by atoms with Gasteiger partial charge in [-0.15, -0.1) is 11.6 Å². The lowest BCUT2D eigenvalue weighted by Gasteiger charge is -2.06. The lowest BCUT2D eigenvalue weighted by Crippen LogP contribution is -2.07. The summed E-state index contributed by atoms with van der Waals surface area (Å²) in [5, 5.41) is 0.891. The van der Waals surface area contributed by atoms with Crippen LogP contribution in [-0.2, 0) is 0 Å². The first kappa shape index (κ1) is 10.1. The smallest absolute Gasteiger partial charge is 0.252 e. The van der Waals surface area contributed by atoms with E-state index >= 15 is 0 Å². The van der Waals surface area contributed by atoms with Crippen LogP contribution < -0.4 is 10.3 Å². The largest absolute Gasteiger partial charge is 0.491 e. The normalized spacial score (nSPS) is 10.5. The minimum atomic E-state index is -0.168. The molecule has 1 N–H and O–H groups in total. The van der Waals surface area contributed by atoms with E-state index in [0.29, 0.717) is 18.2 Å². The number of nitrogens with one attached hydrogen (secondary N) is 1. The molecule has 0 saturated carbocycles. The highest BCUT2D eigenvalue weighted by Crippen LogP contribution is 2.21. The molecule has 0 aliphatic carbocycles. The Balaban J connectivity index is 2.55. The molecule has 3 nitrogen and oxygen atoms in total. The van der Waals surface area contributed by atoms with Crippen molar-refractivity contribution in [3.8, 4) is 5.75 Å². The molecule has 0 unspecified atom stereocenters. The van der Waals surface area contributed by atoms with E-state index < -0.39 is 0 Å². The van der Waals surface area contributed by atoms with Gasteiger partial charge in [0.1, 0.15) is 12.4 Å². The number of para-hydroxylation sites is 1. The van der Waals surface area contributed by atoms with Crippen molar-refractivity contribution < 1.29 is 4.74 Å². The summed E-state index contributed by atoms with van der Waals surface area (Å²) >= 11 is 5.53. The van der Waals surface area contributed by atoms with Gasteiger partial charge in [-0.2, -0.15) is 0 Å². The van der Waals surface area contributed by atoms with E-state index in [1.54, 1.807) is 0 Å². The van der Waals surface area contributed by atoms with Crippen LogP contribution in [0.3, 0.4) is 0 Å². The Kier molecular flexibility index (Phi) is 2.92. The molecule has 0 aliphatic heterocycles. The molecule has 0 spiro atoms. The van der Waals surface area contributed by atoms with Gasteiger partial charge in [-0.25, -0.2) is 0 Å². The molecule has 0 aliphatic rings. The van der Waals surface area contributed by atoms with Crippen LogP contribution in [0.15, 0.2) is 35.1 Å². The summed E-state index contributed by atoms with van der Waals surface area (Å²) in [6.07, 6.45) is 0. The summed E-state index contributed by atoms with van der Waals surface area (Å²) in [6, 6.07) is 8.94. The van der Waals surface area contributed by atoms with Crippen molar-refractivity contribution in [2.45, 2.75) is 0 Å². The highest BCUT2D eigenvalue weighted by molar-refractivity contribution is 6.18. The Morgan fingerprint density at radius 2 is 2.13 bits per heavy atom. The Hall–Kier alpha value is -1.48. The van der Waals surface area contributed by atoms with Gasteiger partial charge in [-0.05, 0) is 12.1 Å². The number of alkyl halides is 1. The Labute approximate surface area is 91.6 Å². The SMILES string of the molecule is O=c1cc(OCCCl)c2ccccc2[nH]1. The third-order valence-corrected chi connectivity index (χ3v) is 2.20. The van der Waals surface area contributed by atoms with E-state index in [4.69, 9.17) is 16.3 Å². The second-order valence-electron chi connectivity index (χ2n) is 3.08. The van der Waals surface area contributed by atoms with Crippen LogP contribution in [0, 0.1) is 0 Å². The summed E-state index contributed by atoms with van der Waals surface area (Å²) in [6.45, 7) is 0.398. The van der Waals surface area contributed by atoms with Crippen LogP contribution in [0.2, 0.25) is 0 Å². The van der Waals surface area contributed by atoms with Crippen molar-refractivity contribution >= 4 is 22.5 Å². The lowest BCUT2D eigenvalue weighted by molar-refractivity contribution is 0.346. The first-order valence-corrected chi connectivity index (χ1v) is 5.15. The van der Waals surface area contributed by atoms with Crippen LogP contribution >= 0.6 is 11.6 Å². The van der Waals surface area contributed by atoms with E-state index in [2.05, 4.69) is 4.98 Å². The second kappa shape index (κ2) is 4.36. The number of ether oxygens (including phenoxy) is 1. The number of aromatic nitrogens is 1. The maximum atomic E-state index is 11.3. The van der Waals surface area contributed by atoms with Crippen LogP contribution in [0.25, 0.3) is 10.9 Å². The summed E-state index contributed by atoms with van der Waals surface area (Å²) < 4.78 is 5.40. The number of fused-ring (bicyclic) bond motifs is 1. The molecule has 2 rings (SSSR count). The number of pyridine rings is 1. The number of H-pyrrole nitrogens is 1. The van der Waals surface area contributed by atoms with Gasteiger partial charge in [0, 0.05) is 11.5 Å². The molecule has 15 heavy (non-hydrogen) atoms. The summed E-state index contributed by atoms with van der Waals surface area (Å²) in [5.74, 6) is 0.983. The third-order valence-electron chi connectivity index (χ3n) is 2.05. The number of benzene rings is 1. The van der Waals surface area contributed by atoms with Gasteiger partial charge in [0.2, 0.25) is 0 Å². The molecule has 2 aromatic rings. The predicted octanol–water partition coefficient (Wildman–Crippen LogP) is 2.15. The minimum absolute atomic E-state index is 0.168. The van der Waals surface area contributed by atoms with Crippen molar-refractivity contribution in [1.29, 1.82) is 0 Å². The molecule has 0 saturated heterocycles. The van der Waals surface area contributed by atoms with Crippen LogP contribution in [-0.4, -0.2) is 17.5 Å². The molecule has 4 heteroatoms. The van der Waals surface area contributed by atoms with Crippen molar-refractivity contribution in [1.82, 2.24) is 4.98 Å². The maximum absolute atomic E-state index is 11.3. The molecule has 78 valence electrons. The van der Waals surface area contributed by atoms with Gasteiger partial charge in [0.15, 0.2) is 0 Å². The van der Waals surface area contributed by atoms with Crippen LogP contribution in [0.4, 0.5) is 0 Å². The molecule has 0 fully saturated rings. The zero-order chi connectivity index (χ0) is 10.7. The fourth-order valence-electron chi connectivity index (χ4n) is 1.44. The van der Waals surface area contributed by atoms with E-state index in [0.717, 1.165) is 10.9 Å². The van der Waals surface area contributed by atoms with Gasteiger partial charge in [-0.1, -0.05) is 12.1 Å². The van der Waals surface area contributed by atoms with Crippen molar-refractivity contribution in [2.24, 2.45) is 0 Å². The van der Waals surface area contributed by atoms with Gasteiger partial charge in [0.05, 0.1) is 11.4 Å². The second-order valence-corrected chi connectivity index (χ2v) is 3.46. The van der Waals surface area contributed by atoms with E-state index in [1.807, 2.05) is 24.3 Å². The number of hydrogen-bond acceptors (Lipinski definition) is 2. The average molecular weight is 224 g/mol. The molecule has 0 radical (unpaired) electrons. The van der Waals surface area contributed by atoms with Crippen molar-refractivity contribution in [3.05, 3.63) is 40.7 Å². The van der Waals surface area contributed by atoms with Gasteiger partial charge in [0.25, 0.3) is 5.56 Å². The lowest BCUT2D eigenvalue weighted by atomic mass is 10.2. The number of halogens is 1. The molecule has 0 bridgehead atoms. The van der Waals surface area contributed by atoms with Gasteiger partial charge in [-0.3, -0.25) is 4.79 Å². The molecule has 1 aromatic heterocycles. The highest BCUT2D eigenvalue weighted by Gasteiger charge is 2.02. The highest BCUT2D eigenvalue weighted by atomic mass is 35.5. The maximum Gasteiger partial charge on any atom is 0.252 e. The fraction of sp³-hybridized carbons (Fsp3) is 0.182. The van der Waals surface area contributed by atoms with E-state index in [1.165, 1.54) is 6.07 Å². The van der Waals surface area contributed by atoms with Crippen LogP contribution in [0.1, 0.15) is 0 Å². The quantitative estimate of drug-likeness (QED) is 0.811. The monoisotopic (exact) mass is 223 g/mol. The number of aromatic amines is 1. The topological polar surface area (TPSA) is 42.1 Å². The zero-order valence-corrected chi connectivity index (χ0v) is 8.75. The predicted molar refractivity (Wildman–Crippen MR) is 60.8 cm³/mol. The molecule has 0 amide bonds. The first-order valence-electron chi connectivity index (χ1n) is 4.62. The standard InChI is InChI=1S/C11H10ClNO2/c12-5-6-15-10-7-11(14)13-9-4-2-1-3-8(9)10/h1-4,7H,5-6H2,(H,13,14). The summed E-state index contributed by atoms with van der Waals surface area (Å²) in [7, 11) is 0. The van der Waals surface area contributed by atoms with Gasteiger partial charge < -0.3 is 9.72 Å². The molecule has 1 aromatic carbocycles. The first-order chi connectivity index (χ1) is 7.31. The molecule has 0 atom stereocenters. The van der Waals surface area contributed by atoms with Crippen molar-refractivity contribution in [3.63, 3.8) is 0 Å². The van der Waals surface area contributed by atoms with Crippen molar-refractivity contribution in [2.75, 3.05) is 12.5 Å². The minimum Gasteiger partial charge on any atom is -0.491 e. The zero-order valence-electron chi connectivity index (χ0n) is 8.00. The number of hydrogen-bond donors (Lipinski definition) is 1. The Morgan fingerprint density at radius 1 is 1.33 bits per heavy atom. The Bertz CT molecular complexity index is 521. The van der Waals surface area contributed by atoms with E-state index in [-0.39, 0.29) is 5.56 Å². The average Bonchev–Trinajstić information content (AvgIpc) is 2.25. The molecular weight excluding hydrogens is 214 g/mol. The third kappa shape index (κ3) is 2.13. The summed E-state index contributed by atoms with van der Waals surface area (Å²) in [4.78, 5) is 14.0. The van der Waals surface area contributed by atoms with Crippen LogP contribution in [0.5, 0.6) is 5.75 Å².